The predicted molar refractivity (Wildman–Crippen MR) is 138 cm³/mol. The van der Waals surface area contributed by atoms with E-state index in [9.17, 15) is 4.79 Å². The number of hydrogen-bond acceptors (Lipinski definition) is 6. The van der Waals surface area contributed by atoms with Crippen LogP contribution in [0.3, 0.4) is 0 Å². The molecule has 1 atom stereocenters. The summed E-state index contributed by atoms with van der Waals surface area (Å²) in [5.74, 6) is 2.20. The number of ether oxygens (including phenoxy) is 3. The second-order valence-corrected chi connectivity index (χ2v) is 10.0. The van der Waals surface area contributed by atoms with Crippen LogP contribution in [0.1, 0.15) is 34.7 Å². The Bertz CT molecular complexity index is 1730. The van der Waals surface area contributed by atoms with Gasteiger partial charge in [0.15, 0.2) is 16.3 Å². The second kappa shape index (κ2) is 8.24. The molecule has 0 saturated carbocycles. The van der Waals surface area contributed by atoms with Gasteiger partial charge in [-0.05, 0) is 65.4 Å². The average molecular weight is 495 g/mol. The van der Waals surface area contributed by atoms with Gasteiger partial charge in [0.1, 0.15) is 5.75 Å². The first-order valence-electron chi connectivity index (χ1n) is 11.9. The average Bonchev–Trinajstić information content (AvgIpc) is 3.51. The number of nitrogens with zero attached hydrogens (tertiary/aromatic N) is 2. The Labute approximate surface area is 211 Å². The van der Waals surface area contributed by atoms with Crippen LogP contribution in [0.25, 0.3) is 11.8 Å². The number of thiazole rings is 1. The molecule has 0 fully saturated rings. The molecular weight excluding hydrogens is 472 g/mol. The number of aromatic nitrogens is 1. The first kappa shape index (κ1) is 21.2. The van der Waals surface area contributed by atoms with Gasteiger partial charge in [-0.15, -0.1) is 0 Å². The van der Waals surface area contributed by atoms with Gasteiger partial charge in [-0.1, -0.05) is 53.8 Å². The van der Waals surface area contributed by atoms with E-state index in [0.717, 1.165) is 46.7 Å². The summed E-state index contributed by atoms with van der Waals surface area (Å²) in [6.07, 6.45) is 3.70. The zero-order valence-electron chi connectivity index (χ0n) is 19.6. The summed E-state index contributed by atoms with van der Waals surface area (Å²) in [4.78, 5) is 19.6. The van der Waals surface area contributed by atoms with Gasteiger partial charge in [0, 0.05) is 5.56 Å². The van der Waals surface area contributed by atoms with Gasteiger partial charge >= 0.3 is 0 Å². The van der Waals surface area contributed by atoms with Crippen molar-refractivity contribution in [2.45, 2.75) is 18.9 Å². The lowest BCUT2D eigenvalue weighted by Gasteiger charge is -2.30. The maximum atomic E-state index is 13.9. The van der Waals surface area contributed by atoms with Crippen molar-refractivity contribution in [3.8, 4) is 17.2 Å². The van der Waals surface area contributed by atoms with E-state index in [1.807, 2.05) is 41.0 Å². The van der Waals surface area contributed by atoms with Crippen molar-refractivity contribution in [2.24, 2.45) is 4.99 Å². The molecule has 3 aromatic carbocycles. The van der Waals surface area contributed by atoms with E-state index in [2.05, 4.69) is 36.4 Å². The molecule has 4 aromatic rings. The molecule has 36 heavy (non-hydrogen) atoms. The standard InChI is InChI=1S/C29H22N2O4S/c1-33-20-10-7-19(8-11-20)27-22-12-9-18-4-2-3-5-21(18)26(22)30-29-31(27)28(32)25(36-29)15-17-6-13-23-24(14-17)35-16-34-23/h2-8,10-11,13-15,27H,9,12,16H2,1H3/b25-15-/t27-/m1/s1. The van der Waals surface area contributed by atoms with Gasteiger partial charge < -0.3 is 14.2 Å². The summed E-state index contributed by atoms with van der Waals surface area (Å²) in [6.45, 7) is 0.218. The van der Waals surface area contributed by atoms with E-state index in [0.29, 0.717) is 15.1 Å². The maximum Gasteiger partial charge on any atom is 0.271 e. The van der Waals surface area contributed by atoms with Crippen molar-refractivity contribution in [3.05, 3.63) is 114 Å². The Morgan fingerprint density at radius 1 is 1.03 bits per heavy atom. The Balaban J connectivity index is 1.45. The minimum absolute atomic E-state index is 0.0392. The number of benzene rings is 3. The molecule has 0 amide bonds. The summed E-state index contributed by atoms with van der Waals surface area (Å²) in [7, 11) is 1.66. The van der Waals surface area contributed by atoms with E-state index < -0.39 is 0 Å². The Morgan fingerprint density at radius 2 is 1.86 bits per heavy atom. The molecule has 2 aliphatic heterocycles. The number of hydrogen-bond donors (Lipinski definition) is 0. The SMILES string of the molecule is COc1ccc([C@@H]2C3=C(N=c4s/c(=C\c5ccc6c(c5)OCO6)c(=O)n42)c2ccccc2CC3)cc1. The van der Waals surface area contributed by atoms with Gasteiger partial charge in [0.2, 0.25) is 6.79 Å². The van der Waals surface area contributed by atoms with E-state index in [4.69, 9.17) is 19.2 Å². The van der Waals surface area contributed by atoms with Crippen LogP contribution in [0.2, 0.25) is 0 Å². The third kappa shape index (κ3) is 3.31. The van der Waals surface area contributed by atoms with Crippen LogP contribution < -0.4 is 29.1 Å². The fourth-order valence-corrected chi connectivity index (χ4v) is 6.26. The second-order valence-electron chi connectivity index (χ2n) is 9.00. The molecule has 178 valence electrons. The summed E-state index contributed by atoms with van der Waals surface area (Å²) in [5, 5.41) is 0. The Hall–Kier alpha value is -4.10. The lowest BCUT2D eigenvalue weighted by Crippen LogP contribution is -2.38. The van der Waals surface area contributed by atoms with Gasteiger partial charge in [-0.25, -0.2) is 4.99 Å². The van der Waals surface area contributed by atoms with Crippen molar-refractivity contribution in [1.82, 2.24) is 4.57 Å². The molecule has 0 spiro atoms. The normalized spacial score (nSPS) is 17.8. The van der Waals surface area contributed by atoms with Crippen molar-refractivity contribution in [3.63, 3.8) is 0 Å². The lowest BCUT2D eigenvalue weighted by molar-refractivity contribution is 0.174. The summed E-state index contributed by atoms with van der Waals surface area (Å²) in [6, 6.07) is 22.0. The zero-order chi connectivity index (χ0) is 24.2. The molecule has 6 nitrogen and oxygen atoms in total. The van der Waals surface area contributed by atoms with Crippen molar-refractivity contribution in [1.29, 1.82) is 0 Å². The summed E-state index contributed by atoms with van der Waals surface area (Å²) >= 11 is 1.42. The van der Waals surface area contributed by atoms with Crippen LogP contribution in [-0.4, -0.2) is 18.5 Å². The highest BCUT2D eigenvalue weighted by Gasteiger charge is 2.32. The largest absolute Gasteiger partial charge is 0.497 e. The fraction of sp³-hybridized carbons (Fsp3) is 0.172. The van der Waals surface area contributed by atoms with E-state index in [1.165, 1.54) is 22.5 Å². The molecule has 0 radical (unpaired) electrons. The van der Waals surface area contributed by atoms with Gasteiger partial charge in [0.25, 0.3) is 5.56 Å². The van der Waals surface area contributed by atoms with E-state index in [1.54, 1.807) is 7.11 Å². The number of fused-ring (bicyclic) bond motifs is 4. The number of methoxy groups -OCH3 is 1. The van der Waals surface area contributed by atoms with Crippen LogP contribution in [0, 0.1) is 0 Å². The first-order chi connectivity index (χ1) is 17.7. The highest BCUT2D eigenvalue weighted by atomic mass is 32.1. The smallest absolute Gasteiger partial charge is 0.271 e. The fourth-order valence-electron chi connectivity index (χ4n) is 5.26. The molecule has 3 aliphatic rings. The molecule has 3 heterocycles. The highest BCUT2D eigenvalue weighted by molar-refractivity contribution is 7.07. The van der Waals surface area contributed by atoms with Crippen LogP contribution in [0.15, 0.2) is 82.1 Å². The van der Waals surface area contributed by atoms with Crippen molar-refractivity contribution in [2.75, 3.05) is 13.9 Å². The molecule has 7 heteroatoms. The highest BCUT2D eigenvalue weighted by Crippen LogP contribution is 2.41. The van der Waals surface area contributed by atoms with Gasteiger partial charge in [0.05, 0.1) is 23.4 Å². The minimum Gasteiger partial charge on any atom is -0.497 e. The summed E-state index contributed by atoms with van der Waals surface area (Å²) in [5.41, 5.74) is 6.53. The lowest BCUT2D eigenvalue weighted by atomic mass is 9.83. The number of rotatable bonds is 3. The van der Waals surface area contributed by atoms with Crippen LogP contribution in [0.5, 0.6) is 17.2 Å². The predicted octanol–water partition coefficient (Wildman–Crippen LogP) is 4.06. The van der Waals surface area contributed by atoms with Crippen LogP contribution >= 0.6 is 11.3 Å². The monoisotopic (exact) mass is 494 g/mol. The zero-order valence-corrected chi connectivity index (χ0v) is 20.4. The minimum atomic E-state index is -0.214. The third-order valence-corrected chi connectivity index (χ3v) is 7.98. The molecule has 0 N–H and O–H groups in total. The quantitative estimate of drug-likeness (QED) is 0.431. The maximum absolute atomic E-state index is 13.9. The van der Waals surface area contributed by atoms with Crippen molar-refractivity contribution >= 4 is 23.1 Å². The molecule has 0 bridgehead atoms. The van der Waals surface area contributed by atoms with E-state index in [-0.39, 0.29) is 18.4 Å². The van der Waals surface area contributed by atoms with Gasteiger partial charge in [-0.2, -0.15) is 0 Å². The molecule has 0 saturated heterocycles. The van der Waals surface area contributed by atoms with Crippen LogP contribution in [0.4, 0.5) is 0 Å². The van der Waals surface area contributed by atoms with Crippen molar-refractivity contribution < 1.29 is 14.2 Å². The van der Waals surface area contributed by atoms with Crippen LogP contribution in [-0.2, 0) is 6.42 Å². The third-order valence-electron chi connectivity index (χ3n) is 7.00. The molecular formula is C29H22N2O4S. The summed E-state index contributed by atoms with van der Waals surface area (Å²) < 4.78 is 18.8. The first-order valence-corrected chi connectivity index (χ1v) is 12.7. The molecule has 1 aromatic heterocycles. The molecule has 0 unspecified atom stereocenters. The topological polar surface area (TPSA) is 62.0 Å². The van der Waals surface area contributed by atoms with Gasteiger partial charge in [-0.3, -0.25) is 9.36 Å². The Kier molecular flexibility index (Phi) is 4.85. The Morgan fingerprint density at radius 3 is 2.72 bits per heavy atom. The number of allylic oxidation sites excluding steroid dienone is 1. The molecule has 1 aliphatic carbocycles. The number of aryl methyl sites for hydroxylation is 1. The molecule has 7 rings (SSSR count). The van der Waals surface area contributed by atoms with E-state index >= 15 is 0 Å².